The number of para-hydroxylation sites is 1. The van der Waals surface area contributed by atoms with Crippen LogP contribution in [0.5, 0.6) is 11.5 Å². The lowest BCUT2D eigenvalue weighted by molar-refractivity contribution is -0.146. The third-order valence-corrected chi connectivity index (χ3v) is 5.88. The van der Waals surface area contributed by atoms with E-state index in [1.165, 1.54) is 5.01 Å². The van der Waals surface area contributed by atoms with Gasteiger partial charge in [0.1, 0.15) is 23.6 Å². The number of ether oxygens (including phenoxy) is 1. The van der Waals surface area contributed by atoms with E-state index in [4.69, 9.17) is 4.74 Å². The molecular formula is C28H28N4O3. The van der Waals surface area contributed by atoms with Gasteiger partial charge in [-0.05, 0) is 54.7 Å². The first-order valence-corrected chi connectivity index (χ1v) is 11.8. The lowest BCUT2D eigenvalue weighted by Crippen LogP contribution is -2.58. The highest BCUT2D eigenvalue weighted by Gasteiger charge is 2.33. The summed E-state index contributed by atoms with van der Waals surface area (Å²) in [5, 5.41) is 14.0. The van der Waals surface area contributed by atoms with Crippen LogP contribution in [0.4, 0.5) is 0 Å². The molecule has 7 heteroatoms. The molecule has 35 heavy (non-hydrogen) atoms. The Morgan fingerprint density at radius 3 is 2.49 bits per heavy atom. The van der Waals surface area contributed by atoms with Crippen LogP contribution in [0.2, 0.25) is 0 Å². The van der Waals surface area contributed by atoms with Crippen molar-refractivity contribution in [2.75, 3.05) is 6.54 Å². The second kappa shape index (κ2) is 11.8. The molecule has 1 heterocycles. The van der Waals surface area contributed by atoms with Crippen molar-refractivity contribution in [3.8, 4) is 17.6 Å². The van der Waals surface area contributed by atoms with Crippen LogP contribution in [-0.2, 0) is 16.0 Å². The van der Waals surface area contributed by atoms with E-state index in [1.807, 2.05) is 60.7 Å². The quantitative estimate of drug-likeness (QED) is 0.514. The Morgan fingerprint density at radius 2 is 1.74 bits per heavy atom. The van der Waals surface area contributed by atoms with Crippen LogP contribution in [0, 0.1) is 11.3 Å². The van der Waals surface area contributed by atoms with Gasteiger partial charge < -0.3 is 10.1 Å². The van der Waals surface area contributed by atoms with Crippen molar-refractivity contribution in [2.24, 2.45) is 0 Å². The normalized spacial score (nSPS) is 16.1. The molecule has 7 nitrogen and oxygen atoms in total. The number of carbonyl (C=O) groups excluding carboxylic acids is 2. The number of rotatable bonds is 8. The summed E-state index contributed by atoms with van der Waals surface area (Å²) in [5.74, 6) is 0.757. The summed E-state index contributed by atoms with van der Waals surface area (Å²) >= 11 is 0. The van der Waals surface area contributed by atoms with Crippen molar-refractivity contribution in [1.29, 1.82) is 5.26 Å². The molecule has 178 valence electrons. The second-order valence-electron chi connectivity index (χ2n) is 8.37. The van der Waals surface area contributed by atoms with Gasteiger partial charge in [0.2, 0.25) is 11.8 Å². The van der Waals surface area contributed by atoms with Gasteiger partial charge in [-0.2, -0.15) is 5.26 Å². The molecule has 1 aliphatic rings. The third kappa shape index (κ3) is 6.46. The Hall–Kier alpha value is -4.15. The topological polar surface area (TPSA) is 94.5 Å². The predicted molar refractivity (Wildman–Crippen MR) is 132 cm³/mol. The highest BCUT2D eigenvalue weighted by Crippen LogP contribution is 2.25. The number of hydrazine groups is 1. The first-order chi connectivity index (χ1) is 17.1. The van der Waals surface area contributed by atoms with Gasteiger partial charge in [-0.25, -0.2) is 5.43 Å². The molecule has 0 saturated carbocycles. The molecule has 0 aliphatic carbocycles. The van der Waals surface area contributed by atoms with Gasteiger partial charge in [0.25, 0.3) is 0 Å². The largest absolute Gasteiger partial charge is 0.457 e. The first-order valence-electron chi connectivity index (χ1n) is 11.8. The molecule has 2 atom stereocenters. The zero-order valence-corrected chi connectivity index (χ0v) is 19.4. The maximum atomic E-state index is 13.2. The van der Waals surface area contributed by atoms with Gasteiger partial charge in [0.05, 0.1) is 6.07 Å². The Kier molecular flexibility index (Phi) is 8.10. The molecule has 3 aromatic rings. The third-order valence-electron chi connectivity index (χ3n) is 5.88. The van der Waals surface area contributed by atoms with Crippen LogP contribution in [0.25, 0.3) is 0 Å². The van der Waals surface area contributed by atoms with Gasteiger partial charge in [-0.3, -0.25) is 14.6 Å². The van der Waals surface area contributed by atoms with Crippen LogP contribution < -0.4 is 15.5 Å². The fourth-order valence-corrected chi connectivity index (χ4v) is 4.07. The van der Waals surface area contributed by atoms with Gasteiger partial charge >= 0.3 is 0 Å². The maximum Gasteiger partial charge on any atom is 0.245 e. The fourth-order valence-electron chi connectivity index (χ4n) is 4.07. The second-order valence-corrected chi connectivity index (χ2v) is 8.37. The monoisotopic (exact) mass is 468 g/mol. The number of nitriles is 1. The number of carbonyl (C=O) groups is 2. The number of hydrogen-bond donors (Lipinski definition) is 2. The molecule has 4 rings (SSSR count). The highest BCUT2D eigenvalue weighted by molar-refractivity contribution is 5.88. The number of benzene rings is 3. The maximum absolute atomic E-state index is 13.2. The number of hydrogen-bond acceptors (Lipinski definition) is 5. The summed E-state index contributed by atoms with van der Waals surface area (Å²) in [5.41, 5.74) is 4.76. The number of nitrogens with zero attached hydrogens (tertiary/aromatic N) is 2. The zero-order valence-electron chi connectivity index (χ0n) is 19.4. The van der Waals surface area contributed by atoms with E-state index in [0.29, 0.717) is 42.9 Å². The van der Waals surface area contributed by atoms with Crippen LogP contribution in [0.3, 0.4) is 0 Å². The summed E-state index contributed by atoms with van der Waals surface area (Å²) in [7, 11) is 0. The lowest BCUT2D eigenvalue weighted by atomic mass is 10.0. The Morgan fingerprint density at radius 1 is 1.03 bits per heavy atom. The van der Waals surface area contributed by atoms with Crippen LogP contribution >= 0.6 is 0 Å². The van der Waals surface area contributed by atoms with Crippen molar-refractivity contribution < 1.29 is 14.3 Å². The van der Waals surface area contributed by atoms with Crippen LogP contribution in [-0.4, -0.2) is 29.4 Å². The van der Waals surface area contributed by atoms with Crippen LogP contribution in [0.1, 0.15) is 36.4 Å². The first kappa shape index (κ1) is 24.0. The van der Waals surface area contributed by atoms with Crippen molar-refractivity contribution in [3.63, 3.8) is 0 Å². The van der Waals surface area contributed by atoms with E-state index in [0.717, 1.165) is 12.0 Å². The smallest absolute Gasteiger partial charge is 0.245 e. The fraction of sp³-hybridized carbons (Fsp3) is 0.250. The highest BCUT2D eigenvalue weighted by atomic mass is 16.5. The lowest BCUT2D eigenvalue weighted by Gasteiger charge is -2.35. The standard InChI is InChI=1S/C28H28N4O3/c29-20-25(22-11-7-14-24(19-22)35-23-12-5-2-6-13-23)31-28(34)26-15-8-18-30-32(26)27(33)17-16-21-9-3-1-4-10-21/h1-7,9-14,19,25-26,30H,8,15-18H2,(H,31,34)/t25?,26-/m0/s1. The van der Waals surface area contributed by atoms with Crippen LogP contribution in [0.15, 0.2) is 84.9 Å². The number of nitrogens with one attached hydrogen (secondary N) is 2. The van der Waals surface area contributed by atoms with E-state index in [1.54, 1.807) is 24.3 Å². The summed E-state index contributed by atoms with van der Waals surface area (Å²) in [6.07, 6.45) is 2.19. The Bertz CT molecular complexity index is 1180. The van der Waals surface area contributed by atoms with E-state index in [9.17, 15) is 14.9 Å². The molecule has 1 fully saturated rings. The molecule has 1 saturated heterocycles. The van der Waals surface area contributed by atoms with Crippen molar-refractivity contribution >= 4 is 11.8 Å². The van der Waals surface area contributed by atoms with Crippen molar-refractivity contribution in [1.82, 2.24) is 15.8 Å². The molecule has 0 spiro atoms. The molecule has 2 amide bonds. The zero-order chi connectivity index (χ0) is 24.5. The van der Waals surface area contributed by atoms with E-state index in [-0.39, 0.29) is 11.8 Å². The molecule has 0 aromatic heterocycles. The summed E-state index contributed by atoms with van der Waals surface area (Å²) in [6, 6.07) is 26.8. The molecule has 0 radical (unpaired) electrons. The van der Waals surface area contributed by atoms with Gasteiger partial charge in [0.15, 0.2) is 0 Å². The minimum atomic E-state index is -0.870. The van der Waals surface area contributed by atoms with E-state index >= 15 is 0 Å². The average Bonchev–Trinajstić information content (AvgIpc) is 2.91. The van der Waals surface area contributed by atoms with Gasteiger partial charge in [-0.15, -0.1) is 0 Å². The SMILES string of the molecule is N#CC(NC(=O)[C@@H]1CCCNN1C(=O)CCc1ccccc1)c1cccc(Oc2ccccc2)c1. The van der Waals surface area contributed by atoms with Gasteiger partial charge in [0, 0.05) is 13.0 Å². The Balaban J connectivity index is 1.41. The summed E-state index contributed by atoms with van der Waals surface area (Å²) in [4.78, 5) is 26.1. The summed E-state index contributed by atoms with van der Waals surface area (Å²) in [6.45, 7) is 0.626. The number of aryl methyl sites for hydroxylation is 1. The minimum Gasteiger partial charge on any atom is -0.457 e. The van der Waals surface area contributed by atoms with Crippen molar-refractivity contribution in [3.05, 3.63) is 96.1 Å². The molecular weight excluding hydrogens is 440 g/mol. The van der Waals surface area contributed by atoms with E-state index < -0.39 is 12.1 Å². The Labute approximate surface area is 205 Å². The summed E-state index contributed by atoms with van der Waals surface area (Å²) < 4.78 is 5.86. The predicted octanol–water partition coefficient (Wildman–Crippen LogP) is 4.29. The average molecular weight is 469 g/mol. The molecule has 2 N–H and O–H groups in total. The molecule has 1 aliphatic heterocycles. The molecule has 3 aromatic carbocycles. The number of amides is 2. The van der Waals surface area contributed by atoms with Crippen molar-refractivity contribution in [2.45, 2.75) is 37.8 Å². The minimum absolute atomic E-state index is 0.138. The molecule has 1 unspecified atom stereocenters. The van der Waals surface area contributed by atoms with Gasteiger partial charge in [-0.1, -0.05) is 60.7 Å². The van der Waals surface area contributed by atoms with E-state index in [2.05, 4.69) is 16.8 Å². The molecule has 0 bridgehead atoms.